The molecule has 1 aromatic rings. The lowest BCUT2D eigenvalue weighted by Gasteiger charge is -1.98. The quantitative estimate of drug-likeness (QED) is 0.565. The third-order valence-corrected chi connectivity index (χ3v) is 1.61. The van der Waals surface area contributed by atoms with Gasteiger partial charge in [0, 0.05) is 18.0 Å². The van der Waals surface area contributed by atoms with Gasteiger partial charge in [0.15, 0.2) is 0 Å². The van der Waals surface area contributed by atoms with Gasteiger partial charge >= 0.3 is 0 Å². The summed E-state index contributed by atoms with van der Waals surface area (Å²) < 4.78 is 1.21. The van der Waals surface area contributed by atoms with Gasteiger partial charge in [-0.25, -0.2) is 4.68 Å². The number of allylic oxidation sites excluding steroid dienone is 2. The number of hydrogen-bond donors (Lipinski definition) is 1. The van der Waals surface area contributed by atoms with Crippen LogP contribution in [-0.4, -0.2) is 15.7 Å². The van der Waals surface area contributed by atoms with E-state index in [-0.39, 0.29) is 11.1 Å². The number of alkyl halides is 1. The van der Waals surface area contributed by atoms with Crippen molar-refractivity contribution in [2.24, 2.45) is 0 Å². The molecule has 0 spiro atoms. The largest absolute Gasteiger partial charge is 0.268 e. The van der Waals surface area contributed by atoms with Crippen molar-refractivity contribution in [3.8, 4) is 0 Å². The third-order valence-electron chi connectivity index (χ3n) is 1.43. The van der Waals surface area contributed by atoms with Crippen LogP contribution in [-0.2, 0) is 6.54 Å². The monoisotopic (exact) mass is 200 g/mol. The lowest BCUT2D eigenvalue weighted by Crippen LogP contribution is -2.27. The summed E-state index contributed by atoms with van der Waals surface area (Å²) in [7, 11) is 0. The van der Waals surface area contributed by atoms with Gasteiger partial charge in [-0.15, -0.1) is 11.6 Å². The average Bonchev–Trinajstić information content (AvgIpc) is 2.11. The summed E-state index contributed by atoms with van der Waals surface area (Å²) in [4.78, 5) is 21.9. The van der Waals surface area contributed by atoms with Gasteiger partial charge in [0.2, 0.25) is 0 Å². The van der Waals surface area contributed by atoms with Crippen molar-refractivity contribution in [1.29, 1.82) is 0 Å². The first-order valence-electron chi connectivity index (χ1n) is 3.75. The first kappa shape index (κ1) is 9.80. The molecule has 1 heterocycles. The van der Waals surface area contributed by atoms with Crippen LogP contribution in [0.3, 0.4) is 0 Å². The van der Waals surface area contributed by atoms with Crippen LogP contribution in [0.25, 0.3) is 0 Å². The third kappa shape index (κ3) is 2.91. The fraction of sp³-hybridized carbons (Fsp3) is 0.250. The Labute approximate surface area is 79.4 Å². The molecule has 13 heavy (non-hydrogen) atoms. The van der Waals surface area contributed by atoms with Crippen LogP contribution >= 0.6 is 11.6 Å². The molecule has 0 fully saturated rings. The Kier molecular flexibility index (Phi) is 3.52. The molecule has 0 unspecified atom stereocenters. The molecule has 0 bridgehead atoms. The molecule has 0 aliphatic rings. The molecule has 0 aliphatic carbocycles. The number of aromatic amines is 1. The van der Waals surface area contributed by atoms with Gasteiger partial charge in [-0.05, 0) is 0 Å². The zero-order chi connectivity index (χ0) is 9.68. The molecular formula is C8H9ClN2O2. The molecule has 4 nitrogen and oxygen atoms in total. The van der Waals surface area contributed by atoms with Crippen LogP contribution in [0.2, 0.25) is 0 Å². The van der Waals surface area contributed by atoms with Crippen molar-refractivity contribution >= 4 is 11.6 Å². The van der Waals surface area contributed by atoms with Crippen LogP contribution < -0.4 is 11.1 Å². The number of hydrogen-bond acceptors (Lipinski definition) is 2. The molecule has 1 aromatic heterocycles. The van der Waals surface area contributed by atoms with Crippen molar-refractivity contribution in [3.05, 3.63) is 45.0 Å². The fourth-order valence-corrected chi connectivity index (χ4v) is 0.967. The van der Waals surface area contributed by atoms with Crippen molar-refractivity contribution < 1.29 is 0 Å². The highest BCUT2D eigenvalue weighted by atomic mass is 35.5. The number of nitrogens with one attached hydrogen (secondary N) is 1. The second kappa shape index (κ2) is 4.67. The SMILES string of the molecule is O=c1ccc(=O)n(CC=CCCl)[nH]1. The highest BCUT2D eigenvalue weighted by molar-refractivity contribution is 6.18. The number of aromatic nitrogens is 2. The number of H-pyrrole nitrogens is 1. The van der Waals surface area contributed by atoms with Crippen molar-refractivity contribution in [2.45, 2.75) is 6.54 Å². The van der Waals surface area contributed by atoms with Crippen molar-refractivity contribution in [1.82, 2.24) is 9.78 Å². The van der Waals surface area contributed by atoms with Gasteiger partial charge in [0.1, 0.15) is 0 Å². The summed E-state index contributed by atoms with van der Waals surface area (Å²) in [6.07, 6.45) is 3.42. The van der Waals surface area contributed by atoms with E-state index in [9.17, 15) is 9.59 Å². The second-order valence-corrected chi connectivity index (χ2v) is 2.69. The molecule has 70 valence electrons. The van der Waals surface area contributed by atoms with E-state index in [0.29, 0.717) is 12.4 Å². The minimum Gasteiger partial charge on any atom is -0.268 e. The molecule has 1 rings (SSSR count). The highest BCUT2D eigenvalue weighted by Crippen LogP contribution is 1.80. The van der Waals surface area contributed by atoms with Crippen LogP contribution in [0, 0.1) is 0 Å². The topological polar surface area (TPSA) is 54.9 Å². The molecule has 0 saturated heterocycles. The highest BCUT2D eigenvalue weighted by Gasteiger charge is 1.91. The summed E-state index contributed by atoms with van der Waals surface area (Å²) >= 11 is 5.39. The number of nitrogens with zero attached hydrogens (tertiary/aromatic N) is 1. The van der Waals surface area contributed by atoms with E-state index in [4.69, 9.17) is 11.6 Å². The van der Waals surface area contributed by atoms with E-state index in [2.05, 4.69) is 5.10 Å². The molecule has 1 N–H and O–H groups in total. The van der Waals surface area contributed by atoms with E-state index < -0.39 is 0 Å². The molecular weight excluding hydrogens is 192 g/mol. The molecule has 0 radical (unpaired) electrons. The summed E-state index contributed by atoms with van der Waals surface area (Å²) in [6.45, 7) is 0.335. The zero-order valence-corrected chi connectivity index (χ0v) is 7.62. The van der Waals surface area contributed by atoms with Crippen LogP contribution in [0.15, 0.2) is 33.9 Å². The lowest BCUT2D eigenvalue weighted by molar-refractivity contribution is 0.638. The molecule has 5 heteroatoms. The number of rotatable bonds is 3. The van der Waals surface area contributed by atoms with Gasteiger partial charge in [-0.3, -0.25) is 14.7 Å². The summed E-state index contributed by atoms with van der Waals surface area (Å²) in [5.41, 5.74) is -0.530. The minimum atomic E-state index is -0.293. The number of halogens is 1. The van der Waals surface area contributed by atoms with Crippen molar-refractivity contribution in [3.63, 3.8) is 0 Å². The second-order valence-electron chi connectivity index (χ2n) is 2.38. The summed E-state index contributed by atoms with van der Waals surface area (Å²) in [5, 5.41) is 2.39. The maximum atomic E-state index is 11.1. The Hall–Kier alpha value is -1.29. The maximum Gasteiger partial charge on any atom is 0.265 e. The fourth-order valence-electron chi connectivity index (χ4n) is 0.841. The molecule has 0 amide bonds. The van der Waals surface area contributed by atoms with Crippen LogP contribution in [0.4, 0.5) is 0 Å². The van der Waals surface area contributed by atoms with Gasteiger partial charge in [0.25, 0.3) is 11.1 Å². The van der Waals surface area contributed by atoms with E-state index >= 15 is 0 Å². The van der Waals surface area contributed by atoms with E-state index in [1.165, 1.54) is 16.8 Å². The van der Waals surface area contributed by atoms with Crippen LogP contribution in [0.1, 0.15) is 0 Å². The minimum absolute atomic E-state index is 0.237. The lowest BCUT2D eigenvalue weighted by atomic mass is 10.5. The molecule has 0 aromatic carbocycles. The normalized spacial score (nSPS) is 10.8. The van der Waals surface area contributed by atoms with Crippen LogP contribution in [0.5, 0.6) is 0 Å². The molecule has 0 aliphatic heterocycles. The molecule has 0 saturated carbocycles. The van der Waals surface area contributed by atoms with Crippen molar-refractivity contribution in [2.75, 3.05) is 5.88 Å². The van der Waals surface area contributed by atoms with E-state index in [1.54, 1.807) is 12.2 Å². The Morgan fingerprint density at radius 1 is 1.38 bits per heavy atom. The zero-order valence-electron chi connectivity index (χ0n) is 6.87. The summed E-state index contributed by atoms with van der Waals surface area (Å²) in [5.74, 6) is 0.395. The average molecular weight is 201 g/mol. The Morgan fingerprint density at radius 3 is 2.85 bits per heavy atom. The Bertz CT molecular complexity index is 405. The first-order chi connectivity index (χ1) is 6.24. The molecule has 0 atom stereocenters. The Morgan fingerprint density at radius 2 is 2.15 bits per heavy atom. The van der Waals surface area contributed by atoms with Gasteiger partial charge in [0.05, 0.1) is 6.54 Å². The maximum absolute atomic E-state index is 11.1. The standard InChI is InChI=1S/C8H9ClN2O2/c9-5-1-2-6-11-8(13)4-3-7(12)10-11/h1-4H,5-6H2,(H,10,12). The smallest absolute Gasteiger partial charge is 0.265 e. The van der Waals surface area contributed by atoms with E-state index in [1.807, 2.05) is 0 Å². The first-order valence-corrected chi connectivity index (χ1v) is 4.28. The van der Waals surface area contributed by atoms with Gasteiger partial charge < -0.3 is 0 Å². The van der Waals surface area contributed by atoms with Gasteiger partial charge in [-0.1, -0.05) is 12.2 Å². The Balaban J connectivity index is 2.88. The predicted octanol–water partition coefficient (Wildman–Crippen LogP) is 0.332. The van der Waals surface area contributed by atoms with Gasteiger partial charge in [-0.2, -0.15) is 0 Å². The van der Waals surface area contributed by atoms with E-state index in [0.717, 1.165) is 0 Å². The summed E-state index contributed by atoms with van der Waals surface area (Å²) in [6, 6.07) is 2.43. The predicted molar refractivity (Wildman–Crippen MR) is 51.2 cm³/mol.